The van der Waals surface area contributed by atoms with Crippen LogP contribution in [0.5, 0.6) is 0 Å². The summed E-state index contributed by atoms with van der Waals surface area (Å²) in [5, 5.41) is 11.5. The molecular formula is C49H29N3O. The van der Waals surface area contributed by atoms with Crippen LogP contribution in [0.2, 0.25) is 0 Å². The third-order valence-electron chi connectivity index (χ3n) is 10.5. The Hall–Kier alpha value is -7.17. The Bertz CT molecular complexity index is 3250. The highest BCUT2D eigenvalue weighted by atomic mass is 16.3. The molecule has 4 nitrogen and oxygen atoms in total. The van der Waals surface area contributed by atoms with Gasteiger partial charge in [0, 0.05) is 27.5 Å². The van der Waals surface area contributed by atoms with Crippen molar-refractivity contribution in [3.8, 4) is 45.3 Å². The summed E-state index contributed by atoms with van der Waals surface area (Å²) in [4.78, 5) is 15.6. The Balaban J connectivity index is 1.12. The predicted molar refractivity (Wildman–Crippen MR) is 219 cm³/mol. The van der Waals surface area contributed by atoms with Crippen molar-refractivity contribution >= 4 is 65.0 Å². The summed E-state index contributed by atoms with van der Waals surface area (Å²) in [5.74, 6) is 1.92. The lowest BCUT2D eigenvalue weighted by Gasteiger charge is -2.13. The molecule has 9 aromatic carbocycles. The van der Waals surface area contributed by atoms with E-state index in [0.29, 0.717) is 17.5 Å². The molecule has 53 heavy (non-hydrogen) atoms. The maximum atomic E-state index is 6.23. The third kappa shape index (κ3) is 4.88. The van der Waals surface area contributed by atoms with E-state index in [4.69, 9.17) is 19.4 Å². The summed E-state index contributed by atoms with van der Waals surface area (Å²) in [6.07, 6.45) is 0. The van der Waals surface area contributed by atoms with Crippen molar-refractivity contribution in [1.29, 1.82) is 0 Å². The number of hydrogen-bond donors (Lipinski definition) is 0. The van der Waals surface area contributed by atoms with E-state index in [9.17, 15) is 0 Å². The molecule has 0 aliphatic carbocycles. The second kappa shape index (κ2) is 11.7. The van der Waals surface area contributed by atoms with Gasteiger partial charge in [-0.25, -0.2) is 15.0 Å². The summed E-state index contributed by atoms with van der Waals surface area (Å²) in [6, 6.07) is 61.7. The number of benzene rings is 9. The van der Waals surface area contributed by atoms with Crippen LogP contribution in [0.3, 0.4) is 0 Å². The molecule has 0 fully saturated rings. The maximum absolute atomic E-state index is 6.23. The second-order valence-corrected chi connectivity index (χ2v) is 13.6. The first-order chi connectivity index (χ1) is 26.2. The Morgan fingerprint density at radius 3 is 1.64 bits per heavy atom. The van der Waals surface area contributed by atoms with Gasteiger partial charge in [-0.2, -0.15) is 0 Å². The lowest BCUT2D eigenvalue weighted by molar-refractivity contribution is 0.669. The maximum Gasteiger partial charge on any atom is 0.164 e. The zero-order chi connectivity index (χ0) is 34.9. The monoisotopic (exact) mass is 675 g/mol. The number of nitrogens with zero attached hydrogens (tertiary/aromatic N) is 3. The molecule has 0 aliphatic rings. The fourth-order valence-electron chi connectivity index (χ4n) is 7.89. The molecule has 0 radical (unpaired) electrons. The average Bonchev–Trinajstić information content (AvgIpc) is 3.62. The van der Waals surface area contributed by atoms with E-state index in [-0.39, 0.29) is 0 Å². The molecule has 0 N–H and O–H groups in total. The Morgan fingerprint density at radius 2 is 0.849 bits per heavy atom. The summed E-state index contributed by atoms with van der Waals surface area (Å²) >= 11 is 0. The number of furan rings is 1. The van der Waals surface area contributed by atoms with E-state index in [0.717, 1.165) is 76.7 Å². The fraction of sp³-hybridized carbons (Fsp3) is 0. The van der Waals surface area contributed by atoms with Crippen LogP contribution in [0.1, 0.15) is 0 Å². The van der Waals surface area contributed by atoms with Gasteiger partial charge in [0.15, 0.2) is 17.5 Å². The molecular weight excluding hydrogens is 647 g/mol. The van der Waals surface area contributed by atoms with Gasteiger partial charge >= 0.3 is 0 Å². The molecule has 0 saturated heterocycles. The van der Waals surface area contributed by atoms with Crippen LogP contribution in [-0.4, -0.2) is 15.0 Å². The highest BCUT2D eigenvalue weighted by Gasteiger charge is 2.17. The third-order valence-corrected chi connectivity index (χ3v) is 10.5. The average molecular weight is 676 g/mol. The van der Waals surface area contributed by atoms with E-state index < -0.39 is 0 Å². The molecule has 0 amide bonds. The van der Waals surface area contributed by atoms with E-state index in [1.54, 1.807) is 0 Å². The smallest absolute Gasteiger partial charge is 0.164 e. The Morgan fingerprint density at radius 1 is 0.302 bits per heavy atom. The zero-order valence-corrected chi connectivity index (χ0v) is 28.5. The van der Waals surface area contributed by atoms with Crippen LogP contribution in [0.4, 0.5) is 0 Å². The number of hydrogen-bond acceptors (Lipinski definition) is 4. The van der Waals surface area contributed by atoms with Gasteiger partial charge in [0.2, 0.25) is 0 Å². The largest absolute Gasteiger partial charge is 0.456 e. The Labute approximate surface area is 304 Å². The summed E-state index contributed by atoms with van der Waals surface area (Å²) in [6.45, 7) is 0. The normalized spacial score (nSPS) is 11.8. The summed E-state index contributed by atoms with van der Waals surface area (Å²) in [7, 11) is 0. The molecule has 11 aromatic rings. The number of fused-ring (bicyclic) bond motifs is 8. The molecule has 2 aromatic heterocycles. The number of para-hydroxylation sites is 1. The minimum absolute atomic E-state index is 0.630. The molecule has 0 bridgehead atoms. The lowest BCUT2D eigenvalue weighted by atomic mass is 9.96. The predicted octanol–water partition coefficient (Wildman–Crippen LogP) is 13.1. The van der Waals surface area contributed by atoms with E-state index in [2.05, 4.69) is 158 Å². The molecule has 2 heterocycles. The van der Waals surface area contributed by atoms with Crippen LogP contribution in [-0.2, 0) is 0 Å². The summed E-state index contributed by atoms with van der Waals surface area (Å²) in [5.41, 5.74) is 6.91. The van der Waals surface area contributed by atoms with Crippen molar-refractivity contribution in [2.45, 2.75) is 0 Å². The summed E-state index contributed by atoms with van der Waals surface area (Å²) < 4.78 is 6.23. The first kappa shape index (κ1) is 29.5. The minimum Gasteiger partial charge on any atom is -0.456 e. The van der Waals surface area contributed by atoms with Crippen molar-refractivity contribution in [1.82, 2.24) is 15.0 Å². The van der Waals surface area contributed by atoms with Gasteiger partial charge in [-0.3, -0.25) is 0 Å². The van der Waals surface area contributed by atoms with Crippen molar-refractivity contribution in [2.24, 2.45) is 0 Å². The van der Waals surface area contributed by atoms with Crippen LogP contribution in [0.25, 0.3) is 110 Å². The van der Waals surface area contributed by atoms with Crippen LogP contribution >= 0.6 is 0 Å². The van der Waals surface area contributed by atoms with Gasteiger partial charge < -0.3 is 4.42 Å². The second-order valence-electron chi connectivity index (χ2n) is 13.6. The lowest BCUT2D eigenvalue weighted by Crippen LogP contribution is -2.01. The van der Waals surface area contributed by atoms with Crippen LogP contribution < -0.4 is 0 Å². The van der Waals surface area contributed by atoms with E-state index in [1.807, 2.05) is 18.2 Å². The topological polar surface area (TPSA) is 51.8 Å². The van der Waals surface area contributed by atoms with Crippen LogP contribution in [0, 0.1) is 0 Å². The van der Waals surface area contributed by atoms with Gasteiger partial charge in [-0.05, 0) is 90.6 Å². The molecule has 246 valence electrons. The van der Waals surface area contributed by atoms with E-state index >= 15 is 0 Å². The number of aromatic nitrogens is 3. The van der Waals surface area contributed by atoms with Crippen molar-refractivity contribution in [3.05, 3.63) is 176 Å². The van der Waals surface area contributed by atoms with Gasteiger partial charge in [-0.15, -0.1) is 0 Å². The van der Waals surface area contributed by atoms with Crippen LogP contribution in [0.15, 0.2) is 180 Å². The zero-order valence-electron chi connectivity index (χ0n) is 28.5. The molecule has 4 heteroatoms. The molecule has 0 unspecified atom stereocenters. The molecule has 11 rings (SSSR count). The van der Waals surface area contributed by atoms with E-state index in [1.165, 1.54) is 16.2 Å². The van der Waals surface area contributed by atoms with Gasteiger partial charge in [0.05, 0.1) is 0 Å². The first-order valence-electron chi connectivity index (χ1n) is 17.8. The standard InChI is InChI=1S/C49H29N3O/c1-2-11-32-26-35(24-21-30(32)10-1)47-50-48(52-49(51-47)43-29-33-12-3-4-13-38(33)40-14-5-6-15-41(40)43)36-25-22-31-20-23-34(27-37(31)28-36)39-17-9-19-45-46(39)42-16-7-8-18-44(42)53-45/h1-29H. The van der Waals surface area contributed by atoms with Gasteiger partial charge in [0.1, 0.15) is 11.2 Å². The highest BCUT2D eigenvalue weighted by Crippen LogP contribution is 2.39. The van der Waals surface area contributed by atoms with Crippen molar-refractivity contribution in [2.75, 3.05) is 0 Å². The molecule has 0 aliphatic heterocycles. The SMILES string of the molecule is c1ccc2cc(-c3nc(-c4ccc5ccc(-c6cccc7oc8ccccc8c67)cc5c4)nc(-c4cc5ccccc5c5ccccc45)n3)ccc2c1. The Kier molecular flexibility index (Phi) is 6.52. The minimum atomic E-state index is 0.630. The van der Waals surface area contributed by atoms with Gasteiger partial charge in [-0.1, -0.05) is 140 Å². The van der Waals surface area contributed by atoms with Crippen molar-refractivity contribution in [3.63, 3.8) is 0 Å². The molecule has 0 atom stereocenters. The molecule has 0 saturated carbocycles. The van der Waals surface area contributed by atoms with Crippen molar-refractivity contribution < 1.29 is 4.42 Å². The fourth-order valence-corrected chi connectivity index (χ4v) is 7.89. The quantitative estimate of drug-likeness (QED) is 0.174. The first-order valence-corrected chi connectivity index (χ1v) is 17.8. The number of rotatable bonds is 4. The molecule has 0 spiro atoms. The van der Waals surface area contributed by atoms with Gasteiger partial charge in [0.25, 0.3) is 0 Å². The highest BCUT2D eigenvalue weighted by molar-refractivity contribution is 6.14.